The first-order valence-electron chi connectivity index (χ1n) is 3.97. The zero-order chi connectivity index (χ0) is 11.6. The number of anilines is 1. The number of ether oxygens (including phenoxy) is 1. The molecule has 82 valence electrons. The number of carbonyl (C=O) groups is 1. The summed E-state index contributed by atoms with van der Waals surface area (Å²) in [6, 6.07) is 2.96. The number of methoxy groups -OCH3 is 1. The van der Waals surface area contributed by atoms with E-state index in [0.717, 1.165) is 4.90 Å². The summed E-state index contributed by atoms with van der Waals surface area (Å²) in [7, 11) is 2.79. The van der Waals surface area contributed by atoms with Gasteiger partial charge in [-0.25, -0.2) is 4.79 Å². The number of hydrogen-bond donors (Lipinski definition) is 1. The third kappa shape index (κ3) is 2.46. The molecule has 0 spiro atoms. The van der Waals surface area contributed by atoms with E-state index >= 15 is 0 Å². The Morgan fingerprint density at radius 1 is 1.47 bits per heavy atom. The Bertz CT molecular complexity index is 395. The molecule has 0 aromatic heterocycles. The van der Waals surface area contributed by atoms with Gasteiger partial charge in [-0.2, -0.15) is 0 Å². The second-order valence-corrected chi connectivity index (χ2v) is 3.63. The molecular weight excluding hydrogens is 241 g/mol. The Hall–Kier alpha value is -1.13. The van der Waals surface area contributed by atoms with Crippen LogP contribution in [0.25, 0.3) is 0 Å². The highest BCUT2D eigenvalue weighted by atomic mass is 35.5. The Kier molecular flexibility index (Phi) is 3.66. The maximum absolute atomic E-state index is 10.8. The number of halogens is 2. The van der Waals surface area contributed by atoms with Crippen LogP contribution in [0.4, 0.5) is 10.5 Å². The van der Waals surface area contributed by atoms with Crippen molar-refractivity contribution in [2.75, 3.05) is 19.1 Å². The summed E-state index contributed by atoms with van der Waals surface area (Å²) in [5.41, 5.74) is 0.308. The van der Waals surface area contributed by atoms with Crippen molar-refractivity contribution in [3.8, 4) is 5.75 Å². The van der Waals surface area contributed by atoms with Gasteiger partial charge in [-0.3, -0.25) is 4.90 Å². The topological polar surface area (TPSA) is 49.8 Å². The van der Waals surface area contributed by atoms with Crippen LogP contribution in [0.1, 0.15) is 0 Å². The van der Waals surface area contributed by atoms with Crippen molar-refractivity contribution in [1.82, 2.24) is 0 Å². The normalized spacial score (nSPS) is 9.87. The van der Waals surface area contributed by atoms with Crippen LogP contribution in [-0.4, -0.2) is 25.4 Å². The highest BCUT2D eigenvalue weighted by Crippen LogP contribution is 2.37. The van der Waals surface area contributed by atoms with Gasteiger partial charge in [0.25, 0.3) is 0 Å². The third-order valence-electron chi connectivity index (χ3n) is 1.84. The van der Waals surface area contributed by atoms with Crippen LogP contribution >= 0.6 is 23.2 Å². The first-order chi connectivity index (χ1) is 6.97. The van der Waals surface area contributed by atoms with Crippen LogP contribution in [0.3, 0.4) is 0 Å². The lowest BCUT2D eigenvalue weighted by Gasteiger charge is -2.17. The van der Waals surface area contributed by atoms with Crippen molar-refractivity contribution < 1.29 is 14.6 Å². The molecule has 0 radical (unpaired) electrons. The van der Waals surface area contributed by atoms with E-state index in [1.165, 1.54) is 26.3 Å². The van der Waals surface area contributed by atoms with E-state index in [2.05, 4.69) is 0 Å². The van der Waals surface area contributed by atoms with Gasteiger partial charge in [-0.1, -0.05) is 23.2 Å². The van der Waals surface area contributed by atoms with Crippen LogP contribution < -0.4 is 9.64 Å². The first-order valence-corrected chi connectivity index (χ1v) is 4.72. The standard InChI is InChI=1S/C9H9Cl2NO3/c1-12(9(13)14)7-4-5(10)3-6(11)8(7)15-2/h3-4H,1-2H3,(H,13,14). The lowest BCUT2D eigenvalue weighted by Crippen LogP contribution is -2.24. The van der Waals surface area contributed by atoms with Crippen molar-refractivity contribution in [3.63, 3.8) is 0 Å². The average molecular weight is 250 g/mol. The fourth-order valence-electron chi connectivity index (χ4n) is 1.10. The molecule has 0 bridgehead atoms. The molecule has 0 fully saturated rings. The van der Waals surface area contributed by atoms with E-state index in [0.29, 0.717) is 10.7 Å². The van der Waals surface area contributed by atoms with Crippen molar-refractivity contribution in [3.05, 3.63) is 22.2 Å². The fraction of sp³-hybridized carbons (Fsp3) is 0.222. The van der Waals surface area contributed by atoms with E-state index in [1.54, 1.807) is 0 Å². The summed E-state index contributed by atoms with van der Waals surface area (Å²) in [6.45, 7) is 0. The molecule has 0 aliphatic carbocycles. The fourth-order valence-corrected chi connectivity index (χ4v) is 1.66. The Balaban J connectivity index is 3.32. The van der Waals surface area contributed by atoms with Gasteiger partial charge in [-0.15, -0.1) is 0 Å². The summed E-state index contributed by atoms with van der Waals surface area (Å²) >= 11 is 11.6. The second-order valence-electron chi connectivity index (χ2n) is 2.78. The molecule has 1 N–H and O–H groups in total. The molecule has 0 atom stereocenters. The Morgan fingerprint density at radius 3 is 2.53 bits per heavy atom. The second kappa shape index (κ2) is 4.59. The minimum absolute atomic E-state index is 0.271. The lowest BCUT2D eigenvalue weighted by molar-refractivity contribution is 0.203. The minimum atomic E-state index is -1.12. The van der Waals surface area contributed by atoms with Gasteiger partial charge in [0.15, 0.2) is 5.75 Å². The number of rotatable bonds is 2. The molecule has 0 aliphatic rings. The van der Waals surface area contributed by atoms with Gasteiger partial charge in [0.2, 0.25) is 0 Å². The maximum Gasteiger partial charge on any atom is 0.411 e. The number of benzene rings is 1. The predicted molar refractivity (Wildman–Crippen MR) is 59.4 cm³/mol. The Labute approximate surface area is 97.0 Å². The lowest BCUT2D eigenvalue weighted by atomic mass is 10.2. The van der Waals surface area contributed by atoms with E-state index in [1.807, 2.05) is 0 Å². The van der Waals surface area contributed by atoms with Gasteiger partial charge < -0.3 is 9.84 Å². The molecular formula is C9H9Cl2NO3. The largest absolute Gasteiger partial charge is 0.493 e. The van der Waals surface area contributed by atoms with E-state index in [9.17, 15) is 4.79 Å². The quantitative estimate of drug-likeness (QED) is 0.877. The summed E-state index contributed by atoms with van der Waals surface area (Å²) in [5, 5.41) is 9.44. The van der Waals surface area contributed by atoms with E-state index in [-0.39, 0.29) is 10.8 Å². The molecule has 1 aromatic rings. The molecule has 0 unspecified atom stereocenters. The summed E-state index contributed by atoms with van der Waals surface area (Å²) < 4.78 is 5.01. The molecule has 0 heterocycles. The number of hydrogen-bond acceptors (Lipinski definition) is 2. The summed E-state index contributed by atoms with van der Waals surface area (Å²) in [5.74, 6) is 0.283. The molecule has 0 saturated heterocycles. The highest BCUT2D eigenvalue weighted by Gasteiger charge is 2.17. The maximum atomic E-state index is 10.8. The number of amides is 1. The monoisotopic (exact) mass is 249 g/mol. The van der Waals surface area contributed by atoms with Crippen molar-refractivity contribution in [2.45, 2.75) is 0 Å². The molecule has 0 aliphatic heterocycles. The van der Waals surface area contributed by atoms with Gasteiger partial charge in [0.05, 0.1) is 17.8 Å². The van der Waals surface area contributed by atoms with E-state index < -0.39 is 6.09 Å². The van der Waals surface area contributed by atoms with Gasteiger partial charge >= 0.3 is 6.09 Å². The van der Waals surface area contributed by atoms with Gasteiger partial charge in [0, 0.05) is 12.1 Å². The zero-order valence-electron chi connectivity index (χ0n) is 8.12. The first kappa shape index (κ1) is 11.9. The summed E-state index contributed by atoms with van der Waals surface area (Å²) in [4.78, 5) is 11.8. The SMILES string of the molecule is COc1c(Cl)cc(Cl)cc1N(C)C(=O)O. The van der Waals surface area contributed by atoms with Gasteiger partial charge in [-0.05, 0) is 12.1 Å². The van der Waals surface area contributed by atoms with Crippen LogP contribution in [0.5, 0.6) is 5.75 Å². The van der Waals surface area contributed by atoms with Crippen molar-refractivity contribution in [1.29, 1.82) is 0 Å². The van der Waals surface area contributed by atoms with Crippen molar-refractivity contribution >= 4 is 35.0 Å². The van der Waals surface area contributed by atoms with Crippen LogP contribution in [-0.2, 0) is 0 Å². The van der Waals surface area contributed by atoms with Gasteiger partial charge in [0.1, 0.15) is 0 Å². The zero-order valence-corrected chi connectivity index (χ0v) is 9.63. The van der Waals surface area contributed by atoms with Crippen molar-refractivity contribution in [2.24, 2.45) is 0 Å². The molecule has 1 aromatic carbocycles. The highest BCUT2D eigenvalue weighted by molar-refractivity contribution is 6.36. The predicted octanol–water partition coefficient (Wildman–Crippen LogP) is 3.12. The number of carboxylic acid groups (broad SMARTS) is 1. The molecule has 0 saturated carbocycles. The smallest absolute Gasteiger partial charge is 0.411 e. The molecule has 6 heteroatoms. The van der Waals surface area contributed by atoms with Crippen LogP contribution in [0, 0.1) is 0 Å². The average Bonchev–Trinajstić information content (AvgIpc) is 2.15. The number of nitrogens with zero attached hydrogens (tertiary/aromatic N) is 1. The third-order valence-corrected chi connectivity index (χ3v) is 2.34. The molecule has 1 rings (SSSR count). The minimum Gasteiger partial charge on any atom is -0.493 e. The van der Waals surface area contributed by atoms with E-state index in [4.69, 9.17) is 33.0 Å². The van der Waals surface area contributed by atoms with Crippen LogP contribution in [0.2, 0.25) is 10.0 Å². The molecule has 15 heavy (non-hydrogen) atoms. The molecule has 1 amide bonds. The van der Waals surface area contributed by atoms with Crippen LogP contribution in [0.15, 0.2) is 12.1 Å². The molecule has 4 nitrogen and oxygen atoms in total. The summed E-state index contributed by atoms with van der Waals surface area (Å²) in [6.07, 6.45) is -1.12. The Morgan fingerprint density at radius 2 is 2.07 bits per heavy atom.